The van der Waals surface area contributed by atoms with Gasteiger partial charge in [-0.3, -0.25) is 0 Å². The summed E-state index contributed by atoms with van der Waals surface area (Å²) >= 11 is 0. The van der Waals surface area contributed by atoms with Gasteiger partial charge < -0.3 is 4.84 Å². The predicted molar refractivity (Wildman–Crippen MR) is 57.0 cm³/mol. The van der Waals surface area contributed by atoms with E-state index in [2.05, 4.69) is 32.0 Å². The Hall–Kier alpha value is -0.860. The van der Waals surface area contributed by atoms with Gasteiger partial charge in [0.2, 0.25) is 0 Å². The average Bonchev–Trinajstić information content (AvgIpc) is 2.86. The quantitative estimate of drug-likeness (QED) is 0.743. The molecule has 1 saturated carbocycles. The van der Waals surface area contributed by atoms with Crippen LogP contribution in [0.15, 0.2) is 18.2 Å². The minimum atomic E-state index is 0.229. The van der Waals surface area contributed by atoms with E-state index in [1.165, 1.54) is 29.5 Å². The molecule has 0 spiro atoms. The molecule has 76 valence electrons. The van der Waals surface area contributed by atoms with Gasteiger partial charge in [0.1, 0.15) is 0 Å². The SMILES string of the molecule is Cc1ccc(C2(CON)CC2)c(C)c1. The van der Waals surface area contributed by atoms with Crippen molar-refractivity contribution in [3.63, 3.8) is 0 Å². The van der Waals surface area contributed by atoms with Crippen LogP contribution in [0.3, 0.4) is 0 Å². The van der Waals surface area contributed by atoms with Gasteiger partial charge >= 0.3 is 0 Å². The van der Waals surface area contributed by atoms with Crippen LogP contribution in [0.2, 0.25) is 0 Å². The summed E-state index contributed by atoms with van der Waals surface area (Å²) in [6.07, 6.45) is 2.40. The molecule has 0 heterocycles. The normalized spacial score (nSPS) is 18.2. The number of benzene rings is 1. The van der Waals surface area contributed by atoms with E-state index >= 15 is 0 Å². The Labute approximate surface area is 85.0 Å². The molecule has 0 radical (unpaired) electrons. The van der Waals surface area contributed by atoms with Gasteiger partial charge in [-0.15, -0.1) is 0 Å². The first-order valence-corrected chi connectivity index (χ1v) is 5.07. The van der Waals surface area contributed by atoms with Crippen molar-refractivity contribution in [3.8, 4) is 0 Å². The van der Waals surface area contributed by atoms with Crippen LogP contribution in [-0.2, 0) is 10.3 Å². The second kappa shape index (κ2) is 3.37. The Morgan fingerprint density at radius 2 is 2.07 bits per heavy atom. The zero-order valence-electron chi connectivity index (χ0n) is 8.84. The van der Waals surface area contributed by atoms with Gasteiger partial charge in [0.15, 0.2) is 0 Å². The number of rotatable bonds is 3. The molecule has 14 heavy (non-hydrogen) atoms. The molecular formula is C12H17NO. The Morgan fingerprint density at radius 1 is 1.36 bits per heavy atom. The first-order valence-electron chi connectivity index (χ1n) is 5.07. The summed E-state index contributed by atoms with van der Waals surface area (Å²) in [6.45, 7) is 4.94. The fourth-order valence-electron chi connectivity index (χ4n) is 2.21. The second-order valence-electron chi connectivity index (χ2n) is 4.41. The van der Waals surface area contributed by atoms with Crippen LogP contribution in [0, 0.1) is 13.8 Å². The van der Waals surface area contributed by atoms with Crippen LogP contribution >= 0.6 is 0 Å². The molecule has 2 rings (SSSR count). The van der Waals surface area contributed by atoms with Crippen molar-refractivity contribution < 1.29 is 4.84 Å². The Morgan fingerprint density at radius 3 is 2.57 bits per heavy atom. The van der Waals surface area contributed by atoms with Gasteiger partial charge in [-0.05, 0) is 37.8 Å². The highest BCUT2D eigenvalue weighted by atomic mass is 16.6. The lowest BCUT2D eigenvalue weighted by Crippen LogP contribution is -2.19. The summed E-state index contributed by atoms with van der Waals surface area (Å²) in [7, 11) is 0. The summed E-state index contributed by atoms with van der Waals surface area (Å²) in [5.41, 5.74) is 4.32. The molecule has 0 amide bonds. The Balaban J connectivity index is 2.32. The number of hydrogen-bond acceptors (Lipinski definition) is 2. The second-order valence-corrected chi connectivity index (χ2v) is 4.41. The highest BCUT2D eigenvalue weighted by Crippen LogP contribution is 2.49. The van der Waals surface area contributed by atoms with Gasteiger partial charge in [0.05, 0.1) is 6.61 Å². The zero-order chi connectivity index (χ0) is 10.2. The first-order chi connectivity index (χ1) is 6.68. The van der Waals surface area contributed by atoms with E-state index in [9.17, 15) is 0 Å². The van der Waals surface area contributed by atoms with Crippen molar-refractivity contribution >= 4 is 0 Å². The Bertz CT molecular complexity index is 342. The standard InChI is InChI=1S/C12H17NO/c1-9-3-4-11(10(2)7-9)12(5-6-12)8-14-13/h3-4,7H,5-6,8,13H2,1-2H3. The lowest BCUT2D eigenvalue weighted by molar-refractivity contribution is 0.116. The molecule has 0 saturated heterocycles. The first kappa shape index (κ1) is 9.69. The maximum atomic E-state index is 5.17. The van der Waals surface area contributed by atoms with E-state index in [1.54, 1.807) is 0 Å². The van der Waals surface area contributed by atoms with E-state index in [0.717, 1.165) is 0 Å². The largest absolute Gasteiger partial charge is 0.304 e. The van der Waals surface area contributed by atoms with Crippen LogP contribution in [0.25, 0.3) is 0 Å². The summed E-state index contributed by atoms with van der Waals surface area (Å²) in [5.74, 6) is 5.17. The molecule has 1 aromatic carbocycles. The molecule has 0 aromatic heterocycles. The highest BCUT2D eigenvalue weighted by molar-refractivity contribution is 5.40. The maximum absolute atomic E-state index is 5.17. The minimum Gasteiger partial charge on any atom is -0.304 e. The molecule has 0 bridgehead atoms. The summed E-state index contributed by atoms with van der Waals surface area (Å²) in [4.78, 5) is 4.81. The third kappa shape index (κ3) is 1.56. The van der Waals surface area contributed by atoms with Gasteiger partial charge in [-0.25, -0.2) is 5.90 Å². The maximum Gasteiger partial charge on any atom is 0.0776 e. The van der Waals surface area contributed by atoms with Gasteiger partial charge in [-0.2, -0.15) is 0 Å². The molecule has 1 aliphatic rings. The fourth-order valence-corrected chi connectivity index (χ4v) is 2.21. The lowest BCUT2D eigenvalue weighted by atomic mass is 9.91. The van der Waals surface area contributed by atoms with Crippen molar-refractivity contribution in [1.29, 1.82) is 0 Å². The molecule has 0 atom stereocenters. The number of aryl methyl sites for hydroxylation is 2. The van der Waals surface area contributed by atoms with Crippen molar-refractivity contribution in [1.82, 2.24) is 0 Å². The minimum absolute atomic E-state index is 0.229. The molecule has 2 heteroatoms. The van der Waals surface area contributed by atoms with Crippen molar-refractivity contribution in [2.24, 2.45) is 5.90 Å². The highest BCUT2D eigenvalue weighted by Gasteiger charge is 2.45. The van der Waals surface area contributed by atoms with Gasteiger partial charge in [-0.1, -0.05) is 23.8 Å². The van der Waals surface area contributed by atoms with Crippen molar-refractivity contribution in [2.75, 3.05) is 6.61 Å². The third-order valence-electron chi connectivity index (χ3n) is 3.17. The number of hydrogen-bond donors (Lipinski definition) is 1. The third-order valence-corrected chi connectivity index (χ3v) is 3.17. The zero-order valence-corrected chi connectivity index (χ0v) is 8.84. The molecular weight excluding hydrogens is 174 g/mol. The van der Waals surface area contributed by atoms with E-state index in [0.29, 0.717) is 6.61 Å². The van der Waals surface area contributed by atoms with Crippen LogP contribution < -0.4 is 5.90 Å². The summed E-state index contributed by atoms with van der Waals surface area (Å²) in [5, 5.41) is 0. The average molecular weight is 191 g/mol. The monoisotopic (exact) mass is 191 g/mol. The molecule has 2 N–H and O–H groups in total. The van der Waals surface area contributed by atoms with Crippen LogP contribution in [0.4, 0.5) is 0 Å². The molecule has 0 aliphatic heterocycles. The van der Waals surface area contributed by atoms with Crippen molar-refractivity contribution in [2.45, 2.75) is 32.1 Å². The van der Waals surface area contributed by atoms with Gasteiger partial charge in [0.25, 0.3) is 0 Å². The molecule has 1 aliphatic carbocycles. The fraction of sp³-hybridized carbons (Fsp3) is 0.500. The van der Waals surface area contributed by atoms with Gasteiger partial charge in [0, 0.05) is 5.41 Å². The lowest BCUT2D eigenvalue weighted by Gasteiger charge is -2.17. The molecule has 2 nitrogen and oxygen atoms in total. The predicted octanol–water partition coefficient (Wildman–Crippen LogP) is 2.23. The Kier molecular flexibility index (Phi) is 2.33. The van der Waals surface area contributed by atoms with Crippen LogP contribution in [0.1, 0.15) is 29.5 Å². The van der Waals surface area contributed by atoms with E-state index < -0.39 is 0 Å². The number of nitrogens with two attached hydrogens (primary N) is 1. The summed E-state index contributed by atoms with van der Waals surface area (Å²) < 4.78 is 0. The van der Waals surface area contributed by atoms with Crippen LogP contribution in [-0.4, -0.2) is 6.61 Å². The van der Waals surface area contributed by atoms with Crippen LogP contribution in [0.5, 0.6) is 0 Å². The molecule has 1 fully saturated rings. The topological polar surface area (TPSA) is 35.2 Å². The van der Waals surface area contributed by atoms with E-state index in [1.807, 2.05) is 0 Å². The van der Waals surface area contributed by atoms with E-state index in [4.69, 9.17) is 10.7 Å². The molecule has 0 unspecified atom stereocenters. The smallest absolute Gasteiger partial charge is 0.0776 e. The molecule has 1 aromatic rings. The van der Waals surface area contributed by atoms with E-state index in [-0.39, 0.29) is 5.41 Å². The summed E-state index contributed by atoms with van der Waals surface area (Å²) in [6, 6.07) is 6.61. The van der Waals surface area contributed by atoms with Crippen molar-refractivity contribution in [3.05, 3.63) is 34.9 Å².